The van der Waals surface area contributed by atoms with E-state index in [2.05, 4.69) is 34.6 Å². The molecule has 0 aliphatic heterocycles. The highest BCUT2D eigenvalue weighted by molar-refractivity contribution is 5.85. The van der Waals surface area contributed by atoms with Gasteiger partial charge in [-0.05, 0) is 99.7 Å². The van der Waals surface area contributed by atoms with E-state index in [-0.39, 0.29) is 27.6 Å². The third-order valence-electron chi connectivity index (χ3n) is 11.9. The summed E-state index contributed by atoms with van der Waals surface area (Å²) in [6.45, 7) is 16.9. The van der Waals surface area contributed by atoms with Gasteiger partial charge in [-0.2, -0.15) is 0 Å². The second kappa shape index (κ2) is 7.89. The lowest BCUT2D eigenvalue weighted by Crippen LogP contribution is -2.61. The number of carbonyl (C=O) groups is 1. The molecule has 4 heteroatoms. The molecule has 9 unspecified atom stereocenters. The van der Waals surface area contributed by atoms with Crippen LogP contribution in [-0.4, -0.2) is 38.4 Å². The Morgan fingerprint density at radius 3 is 2.21 bits per heavy atom. The van der Waals surface area contributed by atoms with Crippen molar-refractivity contribution in [1.29, 1.82) is 0 Å². The van der Waals surface area contributed by atoms with Crippen LogP contribution in [0.25, 0.3) is 0 Å². The van der Waals surface area contributed by atoms with Gasteiger partial charge in [-0.1, -0.05) is 46.8 Å². The van der Waals surface area contributed by atoms with Gasteiger partial charge in [0.25, 0.3) is 0 Å². The number of fused-ring (bicyclic) bond motifs is 5. The first-order valence-electron chi connectivity index (χ1n) is 13.7. The third kappa shape index (κ3) is 3.68. The highest BCUT2D eigenvalue weighted by Gasteiger charge is 2.70. The molecule has 194 valence electrons. The van der Waals surface area contributed by atoms with Gasteiger partial charge in [-0.25, -0.2) is 0 Å². The van der Waals surface area contributed by atoms with Gasteiger partial charge >= 0.3 is 0 Å². The highest BCUT2D eigenvalue weighted by atomic mass is 16.3. The largest absolute Gasteiger partial charge is 0.393 e. The Hall–Kier alpha value is -0.710. The summed E-state index contributed by atoms with van der Waals surface area (Å²) in [6.07, 6.45) is 10.3. The lowest BCUT2D eigenvalue weighted by Gasteiger charge is -2.66. The molecule has 0 bridgehead atoms. The SMILES string of the molecule is CC(C)(O)/C=C/CC(C)(O)C1C(O)CC2(C)C3CCC4C(C)(C)C(=O)CCC4(C)C3CCC12C. The average molecular weight is 475 g/mol. The van der Waals surface area contributed by atoms with Crippen molar-refractivity contribution in [3.63, 3.8) is 0 Å². The van der Waals surface area contributed by atoms with Gasteiger partial charge in [-0.3, -0.25) is 4.79 Å². The Morgan fingerprint density at radius 2 is 1.59 bits per heavy atom. The van der Waals surface area contributed by atoms with Crippen LogP contribution in [0.2, 0.25) is 0 Å². The van der Waals surface area contributed by atoms with Crippen LogP contribution in [0.5, 0.6) is 0 Å². The minimum atomic E-state index is -1.04. The molecule has 0 amide bonds. The molecule has 0 spiro atoms. The highest BCUT2D eigenvalue weighted by Crippen LogP contribution is 2.74. The number of aliphatic hydroxyl groups is 3. The summed E-state index contributed by atoms with van der Waals surface area (Å²) in [5, 5.41) is 33.2. The summed E-state index contributed by atoms with van der Waals surface area (Å²) in [5.74, 6) is 1.76. The maximum absolute atomic E-state index is 12.8. The molecule has 0 saturated heterocycles. The normalized spacial score (nSPS) is 48.2. The standard InChI is InChI=1S/C30H50O4/c1-25(2,33)14-9-15-30(8,34)24-21(31)18-29(7)20-10-11-22-26(3,4)23(32)13-16-27(22,5)19(20)12-17-28(24,29)6/h9,14,19-22,24,31,33-34H,10-13,15-18H2,1-8H3/b14-9+. The maximum atomic E-state index is 12.8. The van der Waals surface area contributed by atoms with Crippen molar-refractivity contribution < 1.29 is 20.1 Å². The van der Waals surface area contributed by atoms with E-state index in [1.54, 1.807) is 19.9 Å². The summed E-state index contributed by atoms with van der Waals surface area (Å²) >= 11 is 0. The van der Waals surface area contributed by atoms with Gasteiger partial charge in [-0.15, -0.1) is 0 Å². The topological polar surface area (TPSA) is 77.8 Å². The van der Waals surface area contributed by atoms with Crippen LogP contribution in [0.1, 0.15) is 107 Å². The summed E-state index contributed by atoms with van der Waals surface area (Å²) in [4.78, 5) is 12.8. The summed E-state index contributed by atoms with van der Waals surface area (Å²) in [7, 11) is 0. The molecule has 4 aliphatic carbocycles. The quantitative estimate of drug-likeness (QED) is 0.458. The predicted molar refractivity (Wildman–Crippen MR) is 136 cm³/mol. The number of Topliss-reactive ketones (excluding diaryl/α,β-unsaturated/α-hetero) is 1. The lowest BCUT2D eigenvalue weighted by molar-refractivity contribution is -0.192. The van der Waals surface area contributed by atoms with Crippen LogP contribution in [0.4, 0.5) is 0 Å². The molecular weight excluding hydrogens is 424 g/mol. The Kier molecular flexibility index (Phi) is 6.12. The zero-order valence-corrected chi connectivity index (χ0v) is 22.9. The van der Waals surface area contributed by atoms with Crippen molar-refractivity contribution in [2.75, 3.05) is 0 Å². The van der Waals surface area contributed by atoms with E-state index in [0.717, 1.165) is 38.5 Å². The zero-order chi connectivity index (χ0) is 25.5. The fraction of sp³-hybridized carbons (Fsp3) is 0.900. The molecule has 4 aliphatic rings. The van der Waals surface area contributed by atoms with Gasteiger partial charge in [0, 0.05) is 17.8 Å². The van der Waals surface area contributed by atoms with Crippen molar-refractivity contribution in [2.45, 2.75) is 124 Å². The van der Waals surface area contributed by atoms with Crippen molar-refractivity contribution in [1.82, 2.24) is 0 Å². The molecule has 34 heavy (non-hydrogen) atoms. The Bertz CT molecular complexity index is 850. The Balaban J connectivity index is 1.65. The summed E-state index contributed by atoms with van der Waals surface area (Å²) < 4.78 is 0. The van der Waals surface area contributed by atoms with Crippen LogP contribution >= 0.6 is 0 Å². The van der Waals surface area contributed by atoms with Gasteiger partial charge in [0.15, 0.2) is 0 Å². The molecule has 4 rings (SSSR count). The number of ketones is 1. The van der Waals surface area contributed by atoms with Crippen LogP contribution in [0.3, 0.4) is 0 Å². The smallest absolute Gasteiger partial charge is 0.138 e. The van der Waals surface area contributed by atoms with Crippen LogP contribution in [0.15, 0.2) is 12.2 Å². The average Bonchev–Trinajstić information content (AvgIpc) is 2.89. The summed E-state index contributed by atoms with van der Waals surface area (Å²) in [5.41, 5.74) is -2.21. The molecule has 4 fully saturated rings. The van der Waals surface area contributed by atoms with Gasteiger partial charge in [0.1, 0.15) is 5.78 Å². The van der Waals surface area contributed by atoms with Gasteiger partial charge in [0.05, 0.1) is 17.3 Å². The molecule has 3 N–H and O–H groups in total. The number of rotatable bonds is 4. The maximum Gasteiger partial charge on any atom is 0.138 e. The number of hydrogen-bond acceptors (Lipinski definition) is 4. The number of aliphatic hydroxyl groups excluding tert-OH is 1. The molecule has 0 aromatic rings. The lowest BCUT2D eigenvalue weighted by atomic mass is 9.38. The van der Waals surface area contributed by atoms with E-state index >= 15 is 0 Å². The molecule has 4 nitrogen and oxygen atoms in total. The number of hydrogen-bond donors (Lipinski definition) is 3. The second-order valence-corrected chi connectivity index (χ2v) is 14.7. The van der Waals surface area contributed by atoms with E-state index in [0.29, 0.717) is 36.4 Å². The van der Waals surface area contributed by atoms with Crippen molar-refractivity contribution in [3.05, 3.63) is 12.2 Å². The fourth-order valence-electron chi connectivity index (χ4n) is 10.2. The first-order valence-corrected chi connectivity index (χ1v) is 13.7. The molecule has 0 heterocycles. The molecule has 9 atom stereocenters. The number of carbonyl (C=O) groups excluding carboxylic acids is 1. The second-order valence-electron chi connectivity index (χ2n) is 14.7. The Labute approximate surface area is 207 Å². The van der Waals surface area contributed by atoms with Gasteiger partial charge < -0.3 is 15.3 Å². The Morgan fingerprint density at radius 1 is 0.941 bits per heavy atom. The van der Waals surface area contributed by atoms with Crippen molar-refractivity contribution >= 4 is 5.78 Å². The van der Waals surface area contributed by atoms with E-state index in [1.165, 1.54) is 0 Å². The van der Waals surface area contributed by atoms with Crippen molar-refractivity contribution in [2.24, 2.45) is 45.3 Å². The first kappa shape index (κ1) is 26.4. The monoisotopic (exact) mass is 474 g/mol. The molecule has 0 radical (unpaired) electrons. The van der Waals surface area contributed by atoms with E-state index in [9.17, 15) is 20.1 Å². The van der Waals surface area contributed by atoms with Crippen LogP contribution in [-0.2, 0) is 4.79 Å². The first-order chi connectivity index (χ1) is 15.4. The van der Waals surface area contributed by atoms with Crippen molar-refractivity contribution in [3.8, 4) is 0 Å². The zero-order valence-electron chi connectivity index (χ0n) is 22.9. The minimum absolute atomic E-state index is 0.0382. The van der Waals surface area contributed by atoms with Gasteiger partial charge in [0.2, 0.25) is 0 Å². The fourth-order valence-corrected chi connectivity index (χ4v) is 10.2. The third-order valence-corrected chi connectivity index (χ3v) is 11.9. The van der Waals surface area contributed by atoms with E-state index < -0.39 is 17.3 Å². The summed E-state index contributed by atoms with van der Waals surface area (Å²) in [6, 6.07) is 0. The molecular formula is C30H50O4. The van der Waals surface area contributed by atoms with E-state index in [4.69, 9.17) is 0 Å². The molecule has 0 aromatic carbocycles. The molecule has 0 aromatic heterocycles. The van der Waals surface area contributed by atoms with Crippen LogP contribution < -0.4 is 0 Å². The predicted octanol–water partition coefficient (Wildman–Crippen LogP) is 5.68. The van der Waals surface area contributed by atoms with Crippen LogP contribution in [0, 0.1) is 45.3 Å². The minimum Gasteiger partial charge on any atom is -0.393 e. The molecule has 4 saturated carbocycles. The van der Waals surface area contributed by atoms with E-state index in [1.807, 2.05) is 13.0 Å².